The highest BCUT2D eigenvalue weighted by Gasteiger charge is 2.15. The van der Waals surface area contributed by atoms with Crippen LogP contribution in [0.5, 0.6) is 5.75 Å². The zero-order valence-electron chi connectivity index (χ0n) is 14.3. The van der Waals surface area contributed by atoms with Gasteiger partial charge in [0, 0.05) is 32.2 Å². The molecule has 0 saturated heterocycles. The van der Waals surface area contributed by atoms with Gasteiger partial charge >= 0.3 is 0 Å². The number of aromatic nitrogens is 3. The van der Waals surface area contributed by atoms with Crippen LogP contribution in [0.4, 0.5) is 0 Å². The first kappa shape index (κ1) is 16.0. The molecule has 6 heteroatoms. The van der Waals surface area contributed by atoms with Crippen LogP contribution in [0, 0.1) is 6.92 Å². The number of nitrogens with zero attached hydrogens (tertiary/aromatic N) is 4. The van der Waals surface area contributed by atoms with E-state index in [1.165, 1.54) is 0 Å². The molecule has 0 radical (unpaired) electrons. The monoisotopic (exact) mass is 324 g/mol. The molecule has 0 spiro atoms. The standard InChI is InChI=1S/C18H20N4O2/c1-12-16-9-14(10-19-17(16)22(3)20-12)18(23)21(2)11-13-5-7-15(24-4)8-6-13/h5-10H,11H2,1-4H3. The lowest BCUT2D eigenvalue weighted by atomic mass is 10.1. The van der Waals surface area contributed by atoms with E-state index in [9.17, 15) is 4.79 Å². The molecule has 0 aliphatic heterocycles. The average Bonchev–Trinajstić information content (AvgIpc) is 2.88. The van der Waals surface area contributed by atoms with Crippen LogP contribution in [0.3, 0.4) is 0 Å². The van der Waals surface area contributed by atoms with Gasteiger partial charge < -0.3 is 9.64 Å². The van der Waals surface area contributed by atoms with Crippen molar-refractivity contribution in [3.8, 4) is 5.75 Å². The van der Waals surface area contributed by atoms with Gasteiger partial charge in [-0.3, -0.25) is 9.48 Å². The van der Waals surface area contributed by atoms with E-state index in [0.29, 0.717) is 12.1 Å². The van der Waals surface area contributed by atoms with Gasteiger partial charge in [0.15, 0.2) is 5.65 Å². The third-order valence-corrected chi connectivity index (χ3v) is 4.04. The second-order valence-electron chi connectivity index (χ2n) is 5.81. The van der Waals surface area contributed by atoms with Gasteiger partial charge in [0.05, 0.1) is 18.4 Å². The van der Waals surface area contributed by atoms with Gasteiger partial charge in [0.2, 0.25) is 0 Å². The largest absolute Gasteiger partial charge is 0.497 e. The molecule has 24 heavy (non-hydrogen) atoms. The van der Waals surface area contributed by atoms with Crippen molar-refractivity contribution in [2.45, 2.75) is 13.5 Å². The molecule has 3 rings (SSSR count). The molecule has 3 aromatic rings. The Hall–Kier alpha value is -2.89. The van der Waals surface area contributed by atoms with Gasteiger partial charge in [0.25, 0.3) is 5.91 Å². The number of pyridine rings is 1. The third-order valence-electron chi connectivity index (χ3n) is 4.04. The van der Waals surface area contributed by atoms with Crippen LogP contribution in [0.25, 0.3) is 11.0 Å². The van der Waals surface area contributed by atoms with E-state index in [1.54, 1.807) is 29.9 Å². The molecular weight excluding hydrogens is 304 g/mol. The highest BCUT2D eigenvalue weighted by molar-refractivity contribution is 5.97. The molecule has 124 valence electrons. The van der Waals surface area contributed by atoms with Crippen molar-refractivity contribution in [2.24, 2.45) is 7.05 Å². The van der Waals surface area contributed by atoms with E-state index in [2.05, 4.69) is 10.1 Å². The van der Waals surface area contributed by atoms with Gasteiger partial charge in [-0.1, -0.05) is 12.1 Å². The molecule has 2 aromatic heterocycles. The summed E-state index contributed by atoms with van der Waals surface area (Å²) < 4.78 is 6.87. The number of methoxy groups -OCH3 is 1. The summed E-state index contributed by atoms with van der Waals surface area (Å²) >= 11 is 0. The van der Waals surface area contributed by atoms with Crippen LogP contribution in [0.1, 0.15) is 21.6 Å². The first-order valence-electron chi connectivity index (χ1n) is 7.67. The highest BCUT2D eigenvalue weighted by Crippen LogP contribution is 2.18. The molecule has 0 fully saturated rings. The van der Waals surface area contributed by atoms with E-state index in [1.807, 2.05) is 44.3 Å². The Bertz CT molecular complexity index is 884. The van der Waals surface area contributed by atoms with Gasteiger partial charge in [-0.2, -0.15) is 5.10 Å². The smallest absolute Gasteiger partial charge is 0.255 e. The molecule has 0 saturated carbocycles. The summed E-state index contributed by atoms with van der Waals surface area (Å²) in [4.78, 5) is 18.7. The van der Waals surface area contributed by atoms with Gasteiger partial charge in [-0.15, -0.1) is 0 Å². The second kappa shape index (κ2) is 6.31. The van der Waals surface area contributed by atoms with Crippen LogP contribution in [-0.2, 0) is 13.6 Å². The van der Waals surface area contributed by atoms with Crippen LogP contribution in [-0.4, -0.2) is 39.7 Å². The normalized spacial score (nSPS) is 10.8. The fourth-order valence-corrected chi connectivity index (χ4v) is 2.72. The summed E-state index contributed by atoms with van der Waals surface area (Å²) in [6.45, 7) is 2.44. The topological polar surface area (TPSA) is 60.2 Å². The molecule has 1 amide bonds. The molecular formula is C18H20N4O2. The summed E-state index contributed by atoms with van der Waals surface area (Å²) in [5.41, 5.74) is 3.25. The number of rotatable bonds is 4. The Balaban J connectivity index is 1.80. The first-order valence-corrected chi connectivity index (χ1v) is 7.67. The molecule has 2 heterocycles. The van der Waals surface area contributed by atoms with E-state index in [0.717, 1.165) is 28.0 Å². The summed E-state index contributed by atoms with van der Waals surface area (Å²) in [7, 11) is 5.26. The zero-order chi connectivity index (χ0) is 17.3. The second-order valence-corrected chi connectivity index (χ2v) is 5.81. The lowest BCUT2D eigenvalue weighted by Gasteiger charge is -2.17. The number of carbonyl (C=O) groups excluding carboxylic acids is 1. The van der Waals surface area contributed by atoms with Crippen LogP contribution < -0.4 is 4.74 Å². The van der Waals surface area contributed by atoms with E-state index in [-0.39, 0.29) is 5.91 Å². The number of amides is 1. The molecule has 1 aromatic carbocycles. The molecule has 0 aliphatic rings. The minimum absolute atomic E-state index is 0.0662. The van der Waals surface area contributed by atoms with Crippen molar-refractivity contribution in [3.63, 3.8) is 0 Å². The Labute approximate surface area is 140 Å². The number of aryl methyl sites for hydroxylation is 2. The van der Waals surface area contributed by atoms with Gasteiger partial charge in [-0.25, -0.2) is 4.98 Å². The minimum Gasteiger partial charge on any atom is -0.497 e. The maximum atomic E-state index is 12.7. The van der Waals surface area contributed by atoms with Gasteiger partial charge in [0.1, 0.15) is 5.75 Å². The summed E-state index contributed by atoms with van der Waals surface area (Å²) in [6.07, 6.45) is 1.61. The fourth-order valence-electron chi connectivity index (χ4n) is 2.72. The van der Waals surface area contributed by atoms with Crippen molar-refractivity contribution in [1.29, 1.82) is 0 Å². The Kier molecular flexibility index (Phi) is 4.20. The van der Waals surface area contributed by atoms with Crippen LogP contribution >= 0.6 is 0 Å². The molecule has 0 bridgehead atoms. The number of carbonyl (C=O) groups is 1. The number of hydrogen-bond acceptors (Lipinski definition) is 4. The van der Waals surface area contributed by atoms with Crippen LogP contribution in [0.15, 0.2) is 36.5 Å². The number of hydrogen-bond donors (Lipinski definition) is 0. The Morgan fingerprint density at radius 1 is 1.29 bits per heavy atom. The minimum atomic E-state index is -0.0662. The number of fused-ring (bicyclic) bond motifs is 1. The van der Waals surface area contributed by atoms with E-state index in [4.69, 9.17) is 4.74 Å². The molecule has 0 N–H and O–H groups in total. The lowest BCUT2D eigenvalue weighted by Crippen LogP contribution is -2.26. The molecule has 0 aliphatic carbocycles. The average molecular weight is 324 g/mol. The van der Waals surface area contributed by atoms with Crippen molar-refractivity contribution in [1.82, 2.24) is 19.7 Å². The fraction of sp³-hybridized carbons (Fsp3) is 0.278. The first-order chi connectivity index (χ1) is 11.5. The van der Waals surface area contributed by atoms with E-state index < -0.39 is 0 Å². The Morgan fingerprint density at radius 3 is 2.67 bits per heavy atom. The van der Waals surface area contributed by atoms with E-state index >= 15 is 0 Å². The van der Waals surface area contributed by atoms with Crippen molar-refractivity contribution >= 4 is 16.9 Å². The summed E-state index contributed by atoms with van der Waals surface area (Å²) in [6, 6.07) is 9.54. The molecule has 0 unspecified atom stereocenters. The van der Waals surface area contributed by atoms with Crippen molar-refractivity contribution < 1.29 is 9.53 Å². The third kappa shape index (κ3) is 2.95. The zero-order valence-corrected chi connectivity index (χ0v) is 14.3. The maximum absolute atomic E-state index is 12.7. The summed E-state index contributed by atoms with van der Waals surface area (Å²) in [5, 5.41) is 5.24. The summed E-state index contributed by atoms with van der Waals surface area (Å²) in [5.74, 6) is 0.734. The van der Waals surface area contributed by atoms with Crippen molar-refractivity contribution in [3.05, 3.63) is 53.3 Å². The number of benzene rings is 1. The SMILES string of the molecule is COc1ccc(CN(C)C(=O)c2cnc3c(c2)c(C)nn3C)cc1. The lowest BCUT2D eigenvalue weighted by molar-refractivity contribution is 0.0785. The molecule has 0 atom stereocenters. The van der Waals surface area contributed by atoms with Gasteiger partial charge in [-0.05, 0) is 30.7 Å². The Morgan fingerprint density at radius 2 is 2.00 bits per heavy atom. The predicted molar refractivity (Wildman–Crippen MR) is 92.0 cm³/mol. The molecule has 6 nitrogen and oxygen atoms in total. The van der Waals surface area contributed by atoms with Crippen LogP contribution in [0.2, 0.25) is 0 Å². The maximum Gasteiger partial charge on any atom is 0.255 e. The predicted octanol–water partition coefficient (Wildman–Crippen LogP) is 2.56. The highest BCUT2D eigenvalue weighted by atomic mass is 16.5. The quantitative estimate of drug-likeness (QED) is 0.740. The number of ether oxygens (including phenoxy) is 1. The van der Waals surface area contributed by atoms with Crippen molar-refractivity contribution in [2.75, 3.05) is 14.2 Å².